The molecule has 2 aromatic rings. The molecule has 1 nitrogen and oxygen atoms in total. The van der Waals surface area contributed by atoms with Crippen molar-refractivity contribution in [2.45, 2.75) is 46.1 Å². The molecule has 1 heteroatoms. The summed E-state index contributed by atoms with van der Waals surface area (Å²) in [5, 5.41) is 3.65. The summed E-state index contributed by atoms with van der Waals surface area (Å²) in [6.07, 6.45) is 5.14. The fraction of sp³-hybridized carbons (Fsp3) is 0.368. The zero-order valence-corrected chi connectivity index (χ0v) is 12.5. The van der Waals surface area contributed by atoms with Gasteiger partial charge in [0.15, 0.2) is 0 Å². The van der Waals surface area contributed by atoms with Crippen LogP contribution in [-0.2, 0) is 19.4 Å². The molecule has 0 unspecified atom stereocenters. The van der Waals surface area contributed by atoms with E-state index in [0.29, 0.717) is 0 Å². The molecule has 0 aliphatic heterocycles. The van der Waals surface area contributed by atoms with Crippen molar-refractivity contribution in [2.24, 2.45) is 0 Å². The molecule has 20 heavy (non-hydrogen) atoms. The van der Waals surface area contributed by atoms with E-state index in [2.05, 4.69) is 55.6 Å². The lowest BCUT2D eigenvalue weighted by Crippen LogP contribution is -2.09. The Balaban J connectivity index is 1.78. The normalized spacial score (nSPS) is 13.9. The SMILES string of the molecule is Cc1ccc(CNc2cccc3c2CCCC3)c(C)c1. The first-order valence-electron chi connectivity index (χ1n) is 7.65. The fourth-order valence-electron chi connectivity index (χ4n) is 3.18. The van der Waals surface area contributed by atoms with Crippen LogP contribution in [0.2, 0.25) is 0 Å². The predicted molar refractivity (Wildman–Crippen MR) is 86.3 cm³/mol. The molecule has 1 N–H and O–H groups in total. The number of anilines is 1. The van der Waals surface area contributed by atoms with Gasteiger partial charge in [-0.15, -0.1) is 0 Å². The van der Waals surface area contributed by atoms with Crippen molar-refractivity contribution < 1.29 is 0 Å². The average molecular weight is 265 g/mol. The van der Waals surface area contributed by atoms with Gasteiger partial charge in [0.25, 0.3) is 0 Å². The summed E-state index contributed by atoms with van der Waals surface area (Å²) in [4.78, 5) is 0. The van der Waals surface area contributed by atoms with E-state index >= 15 is 0 Å². The number of aryl methyl sites for hydroxylation is 3. The van der Waals surface area contributed by atoms with Crippen molar-refractivity contribution in [3.8, 4) is 0 Å². The topological polar surface area (TPSA) is 12.0 Å². The van der Waals surface area contributed by atoms with E-state index in [0.717, 1.165) is 6.54 Å². The highest BCUT2D eigenvalue weighted by atomic mass is 14.9. The third-order valence-electron chi connectivity index (χ3n) is 4.36. The van der Waals surface area contributed by atoms with Gasteiger partial charge >= 0.3 is 0 Å². The van der Waals surface area contributed by atoms with Crippen molar-refractivity contribution in [1.29, 1.82) is 0 Å². The van der Waals surface area contributed by atoms with Crippen LogP contribution in [0.4, 0.5) is 5.69 Å². The Morgan fingerprint density at radius 1 is 1.00 bits per heavy atom. The molecule has 0 amide bonds. The third kappa shape index (κ3) is 2.72. The van der Waals surface area contributed by atoms with Crippen molar-refractivity contribution in [3.63, 3.8) is 0 Å². The first-order chi connectivity index (χ1) is 9.74. The van der Waals surface area contributed by atoms with E-state index in [1.165, 1.54) is 48.1 Å². The van der Waals surface area contributed by atoms with Gasteiger partial charge in [0, 0.05) is 12.2 Å². The highest BCUT2D eigenvalue weighted by Gasteiger charge is 2.12. The van der Waals surface area contributed by atoms with Gasteiger partial charge in [0.05, 0.1) is 0 Å². The Labute approximate surface area is 122 Å². The summed E-state index contributed by atoms with van der Waals surface area (Å²) < 4.78 is 0. The second kappa shape index (κ2) is 5.70. The number of fused-ring (bicyclic) bond motifs is 1. The van der Waals surface area contributed by atoms with E-state index in [-0.39, 0.29) is 0 Å². The molecule has 104 valence electrons. The lowest BCUT2D eigenvalue weighted by molar-refractivity contribution is 0.686. The summed E-state index contributed by atoms with van der Waals surface area (Å²) >= 11 is 0. The van der Waals surface area contributed by atoms with Gasteiger partial charge in [0.2, 0.25) is 0 Å². The van der Waals surface area contributed by atoms with Crippen molar-refractivity contribution in [2.75, 3.05) is 5.32 Å². The van der Waals surface area contributed by atoms with Gasteiger partial charge in [-0.2, -0.15) is 0 Å². The predicted octanol–water partition coefficient (Wildman–Crippen LogP) is 4.79. The summed E-state index contributed by atoms with van der Waals surface area (Å²) in [5.41, 5.74) is 8.53. The molecule has 0 saturated carbocycles. The summed E-state index contributed by atoms with van der Waals surface area (Å²) in [6.45, 7) is 5.27. The van der Waals surface area contributed by atoms with Gasteiger partial charge in [-0.25, -0.2) is 0 Å². The largest absolute Gasteiger partial charge is 0.381 e. The Kier molecular flexibility index (Phi) is 3.77. The minimum Gasteiger partial charge on any atom is -0.381 e. The van der Waals surface area contributed by atoms with E-state index in [4.69, 9.17) is 0 Å². The summed E-state index contributed by atoms with van der Waals surface area (Å²) in [5.74, 6) is 0. The molecular formula is C19H23N. The lowest BCUT2D eigenvalue weighted by Gasteiger charge is -2.20. The van der Waals surface area contributed by atoms with Crippen LogP contribution in [0, 0.1) is 13.8 Å². The number of hydrogen-bond acceptors (Lipinski definition) is 1. The molecule has 3 rings (SSSR count). The van der Waals surface area contributed by atoms with E-state index in [1.54, 1.807) is 11.1 Å². The van der Waals surface area contributed by atoms with Gasteiger partial charge in [0.1, 0.15) is 0 Å². The molecule has 2 aromatic carbocycles. The second-order valence-corrected chi connectivity index (χ2v) is 5.93. The van der Waals surface area contributed by atoms with Crippen molar-refractivity contribution >= 4 is 5.69 Å². The van der Waals surface area contributed by atoms with Crippen molar-refractivity contribution in [3.05, 3.63) is 64.2 Å². The van der Waals surface area contributed by atoms with Crippen LogP contribution in [0.3, 0.4) is 0 Å². The lowest BCUT2D eigenvalue weighted by atomic mass is 9.90. The second-order valence-electron chi connectivity index (χ2n) is 5.93. The maximum absolute atomic E-state index is 3.65. The van der Waals surface area contributed by atoms with Crippen LogP contribution in [-0.4, -0.2) is 0 Å². The van der Waals surface area contributed by atoms with Crippen LogP contribution in [0.1, 0.15) is 40.7 Å². The zero-order chi connectivity index (χ0) is 13.9. The molecule has 0 heterocycles. The molecule has 1 aliphatic carbocycles. The van der Waals surface area contributed by atoms with Crippen LogP contribution in [0.15, 0.2) is 36.4 Å². The van der Waals surface area contributed by atoms with Crippen molar-refractivity contribution in [1.82, 2.24) is 0 Å². The van der Waals surface area contributed by atoms with Crippen LogP contribution >= 0.6 is 0 Å². The molecule has 1 aliphatic rings. The van der Waals surface area contributed by atoms with Gasteiger partial charge in [-0.1, -0.05) is 35.9 Å². The van der Waals surface area contributed by atoms with E-state index < -0.39 is 0 Å². The highest BCUT2D eigenvalue weighted by Crippen LogP contribution is 2.28. The maximum atomic E-state index is 3.65. The van der Waals surface area contributed by atoms with Gasteiger partial charge in [-0.3, -0.25) is 0 Å². The summed E-state index contributed by atoms with van der Waals surface area (Å²) in [7, 11) is 0. The molecular weight excluding hydrogens is 242 g/mol. The minimum absolute atomic E-state index is 0.919. The zero-order valence-electron chi connectivity index (χ0n) is 12.5. The maximum Gasteiger partial charge on any atom is 0.0403 e. The van der Waals surface area contributed by atoms with Crippen LogP contribution < -0.4 is 5.32 Å². The fourth-order valence-corrected chi connectivity index (χ4v) is 3.18. The molecule has 0 aromatic heterocycles. The van der Waals surface area contributed by atoms with Crippen LogP contribution in [0.25, 0.3) is 0 Å². The number of rotatable bonds is 3. The highest BCUT2D eigenvalue weighted by molar-refractivity contribution is 5.56. The Morgan fingerprint density at radius 3 is 2.70 bits per heavy atom. The molecule has 0 bridgehead atoms. The average Bonchev–Trinajstić information content (AvgIpc) is 2.46. The monoisotopic (exact) mass is 265 g/mol. The molecule has 0 spiro atoms. The van der Waals surface area contributed by atoms with E-state index in [1.807, 2.05) is 0 Å². The first-order valence-corrected chi connectivity index (χ1v) is 7.65. The van der Waals surface area contributed by atoms with Crippen LogP contribution in [0.5, 0.6) is 0 Å². The Morgan fingerprint density at radius 2 is 1.85 bits per heavy atom. The molecule has 0 radical (unpaired) electrons. The first kappa shape index (κ1) is 13.2. The summed E-state index contributed by atoms with van der Waals surface area (Å²) in [6, 6.07) is 13.4. The Hall–Kier alpha value is -1.76. The Bertz CT molecular complexity index is 613. The standard InChI is InChI=1S/C19H23N/c1-14-10-11-17(15(2)12-14)13-20-19-9-5-7-16-6-3-4-8-18(16)19/h5,7,9-12,20H,3-4,6,8,13H2,1-2H3. The van der Waals surface area contributed by atoms with E-state index in [9.17, 15) is 0 Å². The number of hydrogen-bond donors (Lipinski definition) is 1. The smallest absolute Gasteiger partial charge is 0.0403 e. The third-order valence-corrected chi connectivity index (χ3v) is 4.36. The van der Waals surface area contributed by atoms with Gasteiger partial charge in [-0.05, 0) is 67.9 Å². The number of nitrogens with one attached hydrogen (secondary N) is 1. The number of benzene rings is 2. The molecule has 0 saturated heterocycles. The minimum atomic E-state index is 0.919. The molecule has 0 atom stereocenters. The van der Waals surface area contributed by atoms with Gasteiger partial charge < -0.3 is 5.32 Å². The molecule has 0 fully saturated rings. The quantitative estimate of drug-likeness (QED) is 0.841.